The highest BCUT2D eigenvalue weighted by Crippen LogP contribution is 2.16. The van der Waals surface area contributed by atoms with Crippen molar-refractivity contribution in [3.05, 3.63) is 23.0 Å². The van der Waals surface area contributed by atoms with Crippen LogP contribution in [0.5, 0.6) is 0 Å². The Balaban J connectivity index is 1.92. The Kier molecular flexibility index (Phi) is 4.61. The lowest BCUT2D eigenvalue weighted by Gasteiger charge is -2.29. The summed E-state index contributed by atoms with van der Waals surface area (Å²) in [5, 5.41) is 3.20. The molecule has 6 heteroatoms. The lowest BCUT2D eigenvalue weighted by atomic mass is 9.98. The van der Waals surface area contributed by atoms with Gasteiger partial charge in [-0.1, -0.05) is 11.6 Å². The lowest BCUT2D eigenvalue weighted by Crippen LogP contribution is -2.39. The van der Waals surface area contributed by atoms with Gasteiger partial charge in [0.1, 0.15) is 5.15 Å². The summed E-state index contributed by atoms with van der Waals surface area (Å²) < 4.78 is 0. The van der Waals surface area contributed by atoms with E-state index in [0.717, 1.165) is 19.5 Å². The number of halogens is 1. The topological polar surface area (TPSA) is 71.2 Å². The fourth-order valence-electron chi connectivity index (χ4n) is 2.41. The largest absolute Gasteiger partial charge is 0.397 e. The number of rotatable bonds is 3. The fourth-order valence-corrected chi connectivity index (χ4v) is 2.57. The van der Waals surface area contributed by atoms with Crippen LogP contribution in [0.2, 0.25) is 5.15 Å². The predicted molar refractivity (Wildman–Crippen MR) is 76.2 cm³/mol. The number of carbonyl (C=O) groups is 1. The first-order chi connectivity index (χ1) is 9.06. The second kappa shape index (κ2) is 6.21. The second-order valence-electron chi connectivity index (χ2n) is 5.07. The van der Waals surface area contributed by atoms with Crippen LogP contribution >= 0.6 is 11.6 Å². The number of nitrogens with zero attached hydrogens (tertiary/aromatic N) is 2. The van der Waals surface area contributed by atoms with Crippen LogP contribution in [-0.4, -0.2) is 42.5 Å². The van der Waals surface area contributed by atoms with Crippen molar-refractivity contribution < 1.29 is 4.79 Å². The van der Waals surface area contributed by atoms with Crippen molar-refractivity contribution >= 4 is 23.2 Å². The van der Waals surface area contributed by atoms with Gasteiger partial charge in [0.2, 0.25) is 0 Å². The number of nitrogens with one attached hydrogen (secondary N) is 1. The minimum absolute atomic E-state index is 0.185. The Morgan fingerprint density at radius 1 is 1.68 bits per heavy atom. The number of carbonyl (C=O) groups excluding carboxylic acids is 1. The minimum Gasteiger partial charge on any atom is -0.397 e. The van der Waals surface area contributed by atoms with E-state index >= 15 is 0 Å². The van der Waals surface area contributed by atoms with Gasteiger partial charge in [-0.2, -0.15) is 0 Å². The normalized spacial score (nSPS) is 20.2. The number of hydrogen-bond acceptors (Lipinski definition) is 4. The van der Waals surface area contributed by atoms with E-state index in [1.165, 1.54) is 18.7 Å². The first kappa shape index (κ1) is 14.1. The van der Waals surface area contributed by atoms with Gasteiger partial charge in [-0.3, -0.25) is 4.79 Å². The van der Waals surface area contributed by atoms with Crippen molar-refractivity contribution in [2.24, 2.45) is 5.92 Å². The third-order valence-electron chi connectivity index (χ3n) is 3.42. The molecule has 1 fully saturated rings. The van der Waals surface area contributed by atoms with E-state index in [9.17, 15) is 4.79 Å². The first-order valence-corrected chi connectivity index (χ1v) is 6.82. The number of pyridine rings is 1. The Hall–Kier alpha value is -1.33. The van der Waals surface area contributed by atoms with Crippen molar-refractivity contribution in [3.8, 4) is 0 Å². The third-order valence-corrected chi connectivity index (χ3v) is 3.63. The summed E-state index contributed by atoms with van der Waals surface area (Å²) in [5.41, 5.74) is 6.47. The Bertz CT molecular complexity index is 466. The second-order valence-corrected chi connectivity index (χ2v) is 5.46. The minimum atomic E-state index is -0.185. The van der Waals surface area contributed by atoms with Crippen molar-refractivity contribution in [2.75, 3.05) is 32.4 Å². The molecule has 19 heavy (non-hydrogen) atoms. The van der Waals surface area contributed by atoms with Crippen LogP contribution in [0, 0.1) is 5.92 Å². The molecule has 0 aromatic carbocycles. The molecule has 1 unspecified atom stereocenters. The van der Waals surface area contributed by atoms with Crippen molar-refractivity contribution in [3.63, 3.8) is 0 Å². The van der Waals surface area contributed by atoms with E-state index in [1.807, 2.05) is 0 Å². The summed E-state index contributed by atoms with van der Waals surface area (Å²) in [5.74, 6) is 0.316. The highest BCUT2D eigenvalue weighted by molar-refractivity contribution is 6.29. The van der Waals surface area contributed by atoms with E-state index < -0.39 is 0 Å². The Morgan fingerprint density at radius 2 is 2.47 bits per heavy atom. The molecule has 1 aromatic heterocycles. The number of anilines is 1. The smallest absolute Gasteiger partial charge is 0.253 e. The van der Waals surface area contributed by atoms with Gasteiger partial charge in [0.05, 0.1) is 17.4 Å². The maximum Gasteiger partial charge on any atom is 0.253 e. The molecule has 2 heterocycles. The molecule has 1 aliphatic rings. The number of likely N-dealkylation sites (tertiary alicyclic amines) is 1. The number of aromatic nitrogens is 1. The van der Waals surface area contributed by atoms with E-state index in [2.05, 4.69) is 22.2 Å². The van der Waals surface area contributed by atoms with E-state index in [0.29, 0.717) is 23.7 Å². The van der Waals surface area contributed by atoms with Crippen molar-refractivity contribution in [2.45, 2.75) is 12.8 Å². The molecule has 0 bridgehead atoms. The molecule has 1 atom stereocenters. The predicted octanol–water partition coefficient (Wildman–Crippen LogP) is 1.39. The average Bonchev–Trinajstić information content (AvgIpc) is 2.39. The zero-order chi connectivity index (χ0) is 13.8. The van der Waals surface area contributed by atoms with Crippen LogP contribution < -0.4 is 11.1 Å². The Morgan fingerprint density at radius 3 is 3.21 bits per heavy atom. The van der Waals surface area contributed by atoms with Crippen LogP contribution in [0.15, 0.2) is 12.3 Å². The highest BCUT2D eigenvalue weighted by Gasteiger charge is 2.18. The molecule has 5 nitrogen and oxygen atoms in total. The molecule has 0 aliphatic carbocycles. The number of hydrogen-bond donors (Lipinski definition) is 2. The average molecular weight is 283 g/mol. The van der Waals surface area contributed by atoms with Gasteiger partial charge in [-0.25, -0.2) is 4.98 Å². The summed E-state index contributed by atoms with van der Waals surface area (Å²) in [7, 11) is 2.11. The lowest BCUT2D eigenvalue weighted by molar-refractivity contribution is 0.0937. The van der Waals surface area contributed by atoms with E-state index in [4.69, 9.17) is 17.3 Å². The van der Waals surface area contributed by atoms with Gasteiger partial charge >= 0.3 is 0 Å². The van der Waals surface area contributed by atoms with Crippen LogP contribution in [0.4, 0.5) is 5.69 Å². The molecule has 104 valence electrons. The summed E-state index contributed by atoms with van der Waals surface area (Å²) in [6, 6.07) is 1.50. The van der Waals surface area contributed by atoms with Crippen LogP contribution in [0.3, 0.4) is 0 Å². The van der Waals surface area contributed by atoms with E-state index in [1.54, 1.807) is 0 Å². The molecule has 1 aliphatic heterocycles. The number of nitrogens with two attached hydrogens (primary N) is 1. The highest BCUT2D eigenvalue weighted by atomic mass is 35.5. The molecular weight excluding hydrogens is 264 g/mol. The van der Waals surface area contributed by atoms with Gasteiger partial charge < -0.3 is 16.0 Å². The molecule has 2 rings (SSSR count). The van der Waals surface area contributed by atoms with Gasteiger partial charge in [0.25, 0.3) is 5.91 Å². The SMILES string of the molecule is CN1CCCC(CNC(=O)c2cc(Cl)ncc2N)C1. The van der Waals surface area contributed by atoms with Crippen LogP contribution in [0.1, 0.15) is 23.2 Å². The molecule has 0 saturated carbocycles. The zero-order valence-electron chi connectivity index (χ0n) is 11.0. The van der Waals surface area contributed by atoms with Crippen LogP contribution in [-0.2, 0) is 0 Å². The third kappa shape index (κ3) is 3.81. The molecule has 1 amide bonds. The van der Waals surface area contributed by atoms with Gasteiger partial charge in [-0.15, -0.1) is 0 Å². The first-order valence-electron chi connectivity index (χ1n) is 6.44. The Labute approximate surface area is 118 Å². The van der Waals surface area contributed by atoms with E-state index in [-0.39, 0.29) is 11.1 Å². The number of piperidine rings is 1. The summed E-state index contributed by atoms with van der Waals surface area (Å²) >= 11 is 5.78. The standard InChI is InChI=1S/C13H19ClN4O/c1-18-4-2-3-9(8-18)6-17-13(19)10-5-12(14)16-7-11(10)15/h5,7,9H,2-4,6,8,15H2,1H3,(H,17,19). The molecule has 3 N–H and O–H groups in total. The number of amides is 1. The van der Waals surface area contributed by atoms with Gasteiger partial charge in [0.15, 0.2) is 0 Å². The summed E-state index contributed by atoms with van der Waals surface area (Å²) in [6.07, 6.45) is 3.74. The molecule has 0 spiro atoms. The summed E-state index contributed by atoms with van der Waals surface area (Å²) in [6.45, 7) is 2.83. The monoisotopic (exact) mass is 282 g/mol. The number of nitrogen functional groups attached to an aromatic ring is 1. The van der Waals surface area contributed by atoms with Gasteiger partial charge in [-0.05, 0) is 38.4 Å². The fraction of sp³-hybridized carbons (Fsp3) is 0.538. The van der Waals surface area contributed by atoms with Crippen molar-refractivity contribution in [1.29, 1.82) is 0 Å². The molecule has 1 aromatic rings. The maximum absolute atomic E-state index is 12.1. The summed E-state index contributed by atoms with van der Waals surface area (Å²) in [4.78, 5) is 18.2. The quantitative estimate of drug-likeness (QED) is 0.822. The maximum atomic E-state index is 12.1. The van der Waals surface area contributed by atoms with Crippen LogP contribution in [0.25, 0.3) is 0 Å². The van der Waals surface area contributed by atoms with Gasteiger partial charge in [0, 0.05) is 13.1 Å². The molecule has 1 saturated heterocycles. The van der Waals surface area contributed by atoms with Crippen molar-refractivity contribution in [1.82, 2.24) is 15.2 Å². The molecular formula is C13H19ClN4O. The zero-order valence-corrected chi connectivity index (χ0v) is 11.8. The molecule has 0 radical (unpaired) electrons.